The molecule has 0 radical (unpaired) electrons. The molecule has 0 heterocycles. The van der Waals surface area contributed by atoms with Gasteiger partial charge in [0, 0.05) is 16.5 Å². The first-order chi connectivity index (χ1) is 17.1. The highest BCUT2D eigenvalue weighted by Gasteiger charge is 2.65. The van der Waals surface area contributed by atoms with Crippen LogP contribution in [0.15, 0.2) is 61.7 Å². The number of phenols is 1. The van der Waals surface area contributed by atoms with Gasteiger partial charge in [-0.15, -0.1) is 13.2 Å². The zero-order chi connectivity index (χ0) is 25.7. The molecule has 3 aliphatic rings. The Labute approximate surface area is 216 Å². The van der Waals surface area contributed by atoms with Crippen LogP contribution in [0.25, 0.3) is 11.1 Å². The molecule has 3 fully saturated rings. The number of rotatable bonds is 7. The number of aliphatic hydroxyl groups excluding tert-OH is 1. The lowest BCUT2D eigenvalue weighted by molar-refractivity contribution is -0.139. The lowest BCUT2D eigenvalue weighted by Crippen LogP contribution is -2.55. The van der Waals surface area contributed by atoms with Gasteiger partial charge in [0.1, 0.15) is 17.6 Å². The Morgan fingerprint density at radius 2 is 1.61 bits per heavy atom. The molecule has 2 aromatic rings. The van der Waals surface area contributed by atoms with Gasteiger partial charge in [0.25, 0.3) is 0 Å². The van der Waals surface area contributed by atoms with Gasteiger partial charge < -0.3 is 14.9 Å². The fourth-order valence-corrected chi connectivity index (χ4v) is 8.11. The van der Waals surface area contributed by atoms with Gasteiger partial charge in [0.05, 0.1) is 6.10 Å². The van der Waals surface area contributed by atoms with Crippen LogP contribution < -0.4 is 4.74 Å². The van der Waals surface area contributed by atoms with E-state index in [1.807, 2.05) is 18.2 Å². The third kappa shape index (κ3) is 4.10. The lowest BCUT2D eigenvalue weighted by atomic mass is 9.49. The van der Waals surface area contributed by atoms with Crippen LogP contribution in [0.2, 0.25) is 0 Å². The minimum atomic E-state index is -0.216. The maximum Gasteiger partial charge on any atom is 0.127 e. The molecule has 5 atom stereocenters. The predicted octanol–water partition coefficient (Wildman–Crippen LogP) is 7.64. The molecule has 2 N–H and O–H groups in total. The van der Waals surface area contributed by atoms with Gasteiger partial charge in [0.2, 0.25) is 0 Å². The summed E-state index contributed by atoms with van der Waals surface area (Å²) in [6, 6.07) is 12.1. The predicted molar refractivity (Wildman–Crippen MR) is 147 cm³/mol. The summed E-state index contributed by atoms with van der Waals surface area (Å²) >= 11 is 0. The Bertz CT molecular complexity index is 1160. The molecule has 0 saturated heterocycles. The Morgan fingerprint density at radius 1 is 0.944 bits per heavy atom. The van der Waals surface area contributed by atoms with Gasteiger partial charge >= 0.3 is 0 Å². The van der Waals surface area contributed by atoms with E-state index in [0.717, 1.165) is 79.4 Å². The molecule has 3 aliphatic carbocycles. The normalized spacial score (nSPS) is 32.5. The monoisotopic (exact) mass is 486 g/mol. The molecule has 0 aliphatic heterocycles. The highest BCUT2D eigenvalue weighted by atomic mass is 16.5. The first-order valence-corrected chi connectivity index (χ1v) is 13.6. The number of fused-ring (bicyclic) bond motifs is 1. The fraction of sp³-hybridized carbons (Fsp3) is 0.515. The summed E-state index contributed by atoms with van der Waals surface area (Å²) in [6.45, 7) is 14.9. The number of aromatic hydroxyl groups is 1. The number of aliphatic hydroxyl groups is 1. The molecule has 0 amide bonds. The smallest absolute Gasteiger partial charge is 0.127 e. The van der Waals surface area contributed by atoms with Crippen LogP contribution in [-0.2, 0) is 12.8 Å². The van der Waals surface area contributed by atoms with Gasteiger partial charge in [-0.2, -0.15) is 0 Å². The van der Waals surface area contributed by atoms with E-state index >= 15 is 0 Å². The van der Waals surface area contributed by atoms with Crippen LogP contribution in [0, 0.1) is 22.2 Å². The quantitative estimate of drug-likeness (QED) is 0.395. The first-order valence-electron chi connectivity index (χ1n) is 13.6. The maximum absolute atomic E-state index is 10.9. The minimum absolute atomic E-state index is 0.0231. The van der Waals surface area contributed by atoms with Crippen LogP contribution >= 0.6 is 0 Å². The summed E-state index contributed by atoms with van der Waals surface area (Å²) in [6.07, 6.45) is 11.4. The SMILES string of the molecule is C=CCc1ccc(O)c(-c2cc(CC=C)ccc2OC2CC(C)(C)C3CCC4(C)CC23CCC4O)c1. The summed E-state index contributed by atoms with van der Waals surface area (Å²) in [4.78, 5) is 0. The standard InChI is InChI=1S/C33H42O3/c1-6-8-22-10-12-26(34)24(18-22)25-19-23(9-7-2)11-13-27(25)36-30-20-31(3,4)28-14-16-32(5)21-33(28,30)17-15-29(32)35/h6-7,10-13,18-19,28-30,34-35H,1-2,8-9,14-17,20-21H2,3-5H3. The van der Waals surface area contributed by atoms with Gasteiger partial charge in [-0.1, -0.05) is 45.1 Å². The zero-order valence-electron chi connectivity index (χ0n) is 22.2. The number of hydrogen-bond acceptors (Lipinski definition) is 3. The van der Waals surface area contributed by atoms with Crippen molar-refractivity contribution in [2.45, 2.75) is 84.3 Å². The number of ether oxygens (including phenoxy) is 1. The van der Waals surface area contributed by atoms with Crippen LogP contribution in [0.1, 0.15) is 70.4 Å². The zero-order valence-corrected chi connectivity index (χ0v) is 22.2. The van der Waals surface area contributed by atoms with Crippen molar-refractivity contribution in [3.05, 3.63) is 72.8 Å². The van der Waals surface area contributed by atoms with E-state index in [9.17, 15) is 10.2 Å². The molecular formula is C33H42O3. The first kappa shape index (κ1) is 25.1. The fourth-order valence-electron chi connectivity index (χ4n) is 8.11. The molecule has 36 heavy (non-hydrogen) atoms. The van der Waals surface area contributed by atoms with E-state index in [1.165, 1.54) is 0 Å². The van der Waals surface area contributed by atoms with Crippen molar-refractivity contribution in [2.24, 2.45) is 22.2 Å². The third-order valence-corrected chi connectivity index (χ3v) is 9.84. The second-order valence-corrected chi connectivity index (χ2v) is 12.7. The third-order valence-electron chi connectivity index (χ3n) is 9.84. The van der Waals surface area contributed by atoms with E-state index in [2.05, 4.69) is 58.2 Å². The Hall–Kier alpha value is -2.52. The van der Waals surface area contributed by atoms with Gasteiger partial charge in [0.15, 0.2) is 0 Å². The van der Waals surface area contributed by atoms with Crippen molar-refractivity contribution in [3.63, 3.8) is 0 Å². The van der Waals surface area contributed by atoms with Crippen LogP contribution in [-0.4, -0.2) is 22.4 Å². The number of hydrogen-bond donors (Lipinski definition) is 2. The van der Waals surface area contributed by atoms with Crippen LogP contribution in [0.5, 0.6) is 11.5 Å². The number of benzene rings is 2. The number of phenolic OH excluding ortho intramolecular Hbond substituents is 1. The average molecular weight is 487 g/mol. The highest BCUT2D eigenvalue weighted by molar-refractivity contribution is 5.77. The molecular weight excluding hydrogens is 444 g/mol. The number of allylic oxidation sites excluding steroid dienone is 2. The molecule has 3 saturated carbocycles. The summed E-state index contributed by atoms with van der Waals surface area (Å²) < 4.78 is 7.07. The molecule has 2 aromatic carbocycles. The summed E-state index contributed by atoms with van der Waals surface area (Å²) in [5.41, 5.74) is 4.25. The summed E-state index contributed by atoms with van der Waals surface area (Å²) in [5.74, 6) is 1.70. The minimum Gasteiger partial charge on any atom is -0.507 e. The molecule has 0 aromatic heterocycles. The molecule has 192 valence electrons. The van der Waals surface area contributed by atoms with Crippen molar-refractivity contribution >= 4 is 0 Å². The summed E-state index contributed by atoms with van der Waals surface area (Å²) in [7, 11) is 0. The second-order valence-electron chi connectivity index (χ2n) is 12.7. The lowest BCUT2D eigenvalue weighted by Gasteiger charge is -2.57. The van der Waals surface area contributed by atoms with Crippen molar-refractivity contribution in [3.8, 4) is 22.6 Å². The van der Waals surface area contributed by atoms with Crippen molar-refractivity contribution in [1.29, 1.82) is 0 Å². The van der Waals surface area contributed by atoms with Gasteiger partial charge in [-0.05, 0) is 104 Å². The Kier molecular flexibility index (Phi) is 6.35. The van der Waals surface area contributed by atoms with E-state index in [1.54, 1.807) is 6.07 Å². The highest BCUT2D eigenvalue weighted by Crippen LogP contribution is 2.69. The molecule has 1 spiro atoms. The van der Waals surface area contributed by atoms with Crippen molar-refractivity contribution in [1.82, 2.24) is 0 Å². The van der Waals surface area contributed by atoms with E-state index in [-0.39, 0.29) is 34.2 Å². The molecule has 3 heteroatoms. The average Bonchev–Trinajstić information content (AvgIpc) is 3.04. The molecule has 5 unspecified atom stereocenters. The van der Waals surface area contributed by atoms with Crippen molar-refractivity contribution in [2.75, 3.05) is 0 Å². The Morgan fingerprint density at radius 3 is 2.31 bits per heavy atom. The van der Waals surface area contributed by atoms with Gasteiger partial charge in [-0.3, -0.25) is 0 Å². The Balaban J connectivity index is 1.57. The molecule has 3 nitrogen and oxygen atoms in total. The summed E-state index contributed by atoms with van der Waals surface area (Å²) in [5, 5.41) is 21.8. The van der Waals surface area contributed by atoms with E-state index < -0.39 is 0 Å². The molecule has 5 rings (SSSR count). The largest absolute Gasteiger partial charge is 0.507 e. The topological polar surface area (TPSA) is 49.7 Å². The van der Waals surface area contributed by atoms with E-state index in [4.69, 9.17) is 4.74 Å². The van der Waals surface area contributed by atoms with Crippen LogP contribution in [0.4, 0.5) is 0 Å². The molecule has 2 bridgehead atoms. The maximum atomic E-state index is 10.9. The second kappa shape index (κ2) is 9.10. The van der Waals surface area contributed by atoms with E-state index in [0.29, 0.717) is 5.92 Å². The van der Waals surface area contributed by atoms with Crippen LogP contribution in [0.3, 0.4) is 0 Å². The van der Waals surface area contributed by atoms with Gasteiger partial charge in [-0.25, -0.2) is 0 Å². The van der Waals surface area contributed by atoms with Crippen molar-refractivity contribution < 1.29 is 14.9 Å².